The Morgan fingerprint density at radius 3 is 2.41 bits per heavy atom. The lowest BCUT2D eigenvalue weighted by molar-refractivity contribution is 0.0815. The number of fused-ring (bicyclic) bond motifs is 1. The molecule has 4 heterocycles. The second kappa shape index (κ2) is 10.1. The number of rotatable bonds is 6. The third-order valence-electron chi connectivity index (χ3n) is 8.01. The Kier molecular flexibility index (Phi) is 6.52. The van der Waals surface area contributed by atoms with E-state index in [1.807, 2.05) is 18.3 Å². The van der Waals surface area contributed by atoms with Gasteiger partial charge in [0.2, 0.25) is 5.95 Å². The zero-order valence-electron chi connectivity index (χ0n) is 21.7. The molecule has 0 spiro atoms. The third-order valence-corrected chi connectivity index (χ3v) is 8.01. The van der Waals surface area contributed by atoms with Crippen LogP contribution in [0, 0.1) is 0 Å². The number of hydrogen-bond donors (Lipinski definition) is 3. The van der Waals surface area contributed by atoms with Crippen LogP contribution in [0.1, 0.15) is 44.3 Å². The van der Waals surface area contributed by atoms with Crippen LogP contribution in [0.2, 0.25) is 0 Å². The van der Waals surface area contributed by atoms with Crippen molar-refractivity contribution in [3.63, 3.8) is 0 Å². The molecule has 0 atom stereocenters. The smallest absolute Gasteiger partial charge is 0.204 e. The number of anilines is 3. The first-order chi connectivity index (χ1) is 18.1. The van der Waals surface area contributed by atoms with Crippen molar-refractivity contribution in [3.05, 3.63) is 42.5 Å². The molecule has 0 amide bonds. The first kappa shape index (κ1) is 23.9. The van der Waals surface area contributed by atoms with Gasteiger partial charge in [-0.2, -0.15) is 5.10 Å². The number of nitrogens with one attached hydrogen (secondary N) is 2. The highest BCUT2D eigenvalue weighted by Gasteiger charge is 2.30. The maximum atomic E-state index is 6.38. The van der Waals surface area contributed by atoms with Crippen molar-refractivity contribution in [1.29, 1.82) is 0 Å². The number of benzene rings is 1. The van der Waals surface area contributed by atoms with Crippen molar-refractivity contribution in [3.8, 4) is 11.3 Å². The summed E-state index contributed by atoms with van der Waals surface area (Å²) >= 11 is 0. The van der Waals surface area contributed by atoms with Gasteiger partial charge in [-0.3, -0.25) is 4.90 Å². The van der Waals surface area contributed by atoms with Crippen LogP contribution in [0.3, 0.4) is 0 Å². The van der Waals surface area contributed by atoms with Crippen LogP contribution in [0.15, 0.2) is 36.8 Å². The summed E-state index contributed by atoms with van der Waals surface area (Å²) in [5.74, 6) is 1.21. The summed E-state index contributed by atoms with van der Waals surface area (Å²) in [4.78, 5) is 21.7. The van der Waals surface area contributed by atoms with Gasteiger partial charge in [0.25, 0.3) is 0 Å². The summed E-state index contributed by atoms with van der Waals surface area (Å²) in [6.07, 6.45) is 8.92. The molecule has 1 aliphatic heterocycles. The molecule has 10 heteroatoms. The zero-order valence-corrected chi connectivity index (χ0v) is 21.7. The quantitative estimate of drug-likeness (QED) is 0.366. The van der Waals surface area contributed by atoms with Crippen molar-refractivity contribution in [2.45, 2.75) is 51.1 Å². The molecule has 2 fully saturated rings. The van der Waals surface area contributed by atoms with Crippen LogP contribution in [0.25, 0.3) is 22.3 Å². The second-order valence-electron chi connectivity index (χ2n) is 10.4. The molecule has 10 nitrogen and oxygen atoms in total. The summed E-state index contributed by atoms with van der Waals surface area (Å²) in [6.45, 7) is 6.78. The molecular weight excluding hydrogens is 464 g/mol. The molecule has 1 saturated heterocycles. The molecule has 2 aliphatic rings. The van der Waals surface area contributed by atoms with Gasteiger partial charge in [0, 0.05) is 49.2 Å². The topological polar surface area (TPSA) is 117 Å². The summed E-state index contributed by atoms with van der Waals surface area (Å²) in [5, 5.41) is 9.26. The number of aromatic amines is 1. The fraction of sp³-hybridized carbons (Fsp3) is 0.481. The SMILES string of the molecule is CCc1cnc(Nc2ccc(-c3nn(C4CCC(N5CCN(C)CC5)CC4)c4ncnc(N)c34)cc2)[nH]1. The Labute approximate surface area is 217 Å². The van der Waals surface area contributed by atoms with Gasteiger partial charge in [0.1, 0.15) is 17.8 Å². The maximum absolute atomic E-state index is 6.38. The van der Waals surface area contributed by atoms with Crippen LogP contribution < -0.4 is 11.1 Å². The van der Waals surface area contributed by atoms with Crippen molar-refractivity contribution < 1.29 is 0 Å². The zero-order chi connectivity index (χ0) is 25.4. The minimum Gasteiger partial charge on any atom is -0.383 e. The lowest BCUT2D eigenvalue weighted by atomic mass is 9.90. The van der Waals surface area contributed by atoms with E-state index in [0.29, 0.717) is 17.9 Å². The summed E-state index contributed by atoms with van der Waals surface area (Å²) in [7, 11) is 2.22. The van der Waals surface area contributed by atoms with Gasteiger partial charge >= 0.3 is 0 Å². The fourth-order valence-corrected chi connectivity index (χ4v) is 5.76. The molecule has 194 valence electrons. The predicted molar refractivity (Wildman–Crippen MR) is 147 cm³/mol. The predicted octanol–water partition coefficient (Wildman–Crippen LogP) is 3.84. The van der Waals surface area contributed by atoms with Gasteiger partial charge in [-0.05, 0) is 51.3 Å². The van der Waals surface area contributed by atoms with E-state index >= 15 is 0 Å². The Morgan fingerprint density at radius 2 is 1.70 bits per heavy atom. The van der Waals surface area contributed by atoms with Crippen molar-refractivity contribution in [2.24, 2.45) is 0 Å². The fourth-order valence-electron chi connectivity index (χ4n) is 5.76. The van der Waals surface area contributed by atoms with E-state index in [1.54, 1.807) is 6.33 Å². The number of piperazine rings is 1. The molecule has 37 heavy (non-hydrogen) atoms. The molecule has 0 radical (unpaired) electrons. The Morgan fingerprint density at radius 1 is 0.973 bits per heavy atom. The van der Waals surface area contributed by atoms with Gasteiger partial charge in [0.05, 0.1) is 17.6 Å². The van der Waals surface area contributed by atoms with Crippen LogP contribution in [0.4, 0.5) is 17.5 Å². The van der Waals surface area contributed by atoms with Crippen LogP contribution in [0.5, 0.6) is 0 Å². The highest BCUT2D eigenvalue weighted by molar-refractivity contribution is 5.98. The van der Waals surface area contributed by atoms with Crippen LogP contribution in [-0.4, -0.2) is 78.8 Å². The van der Waals surface area contributed by atoms with Gasteiger partial charge in [-0.25, -0.2) is 19.6 Å². The van der Waals surface area contributed by atoms with E-state index in [-0.39, 0.29) is 0 Å². The molecule has 1 saturated carbocycles. The number of aromatic nitrogens is 6. The highest BCUT2D eigenvalue weighted by Crippen LogP contribution is 2.37. The van der Waals surface area contributed by atoms with E-state index in [0.717, 1.165) is 58.9 Å². The van der Waals surface area contributed by atoms with Crippen LogP contribution in [-0.2, 0) is 6.42 Å². The number of nitrogens with two attached hydrogens (primary N) is 1. The van der Waals surface area contributed by atoms with E-state index < -0.39 is 0 Å². The van der Waals surface area contributed by atoms with Crippen LogP contribution >= 0.6 is 0 Å². The largest absolute Gasteiger partial charge is 0.383 e. The normalized spacial score (nSPS) is 21.5. The van der Waals surface area contributed by atoms with E-state index in [9.17, 15) is 0 Å². The molecule has 6 rings (SSSR count). The minimum absolute atomic E-state index is 0.321. The van der Waals surface area contributed by atoms with Crippen molar-refractivity contribution in [2.75, 3.05) is 44.3 Å². The average molecular weight is 501 g/mol. The minimum atomic E-state index is 0.321. The van der Waals surface area contributed by atoms with Crippen molar-refractivity contribution >= 4 is 28.5 Å². The Balaban J connectivity index is 1.22. The summed E-state index contributed by atoms with van der Waals surface area (Å²) in [5.41, 5.74) is 11.1. The maximum Gasteiger partial charge on any atom is 0.204 e. The number of aryl methyl sites for hydroxylation is 1. The summed E-state index contributed by atoms with van der Waals surface area (Å²) < 4.78 is 2.12. The van der Waals surface area contributed by atoms with Gasteiger partial charge in [-0.1, -0.05) is 19.1 Å². The van der Waals surface area contributed by atoms with Gasteiger partial charge in [0.15, 0.2) is 5.65 Å². The summed E-state index contributed by atoms with van der Waals surface area (Å²) in [6, 6.07) is 9.20. The highest BCUT2D eigenvalue weighted by atomic mass is 15.3. The molecule has 0 bridgehead atoms. The number of likely N-dealkylation sites (N-methyl/N-ethyl adjacent to an activating group) is 1. The van der Waals surface area contributed by atoms with E-state index in [1.165, 1.54) is 39.0 Å². The lowest BCUT2D eigenvalue weighted by Gasteiger charge is -2.41. The molecule has 0 unspecified atom stereocenters. The first-order valence-corrected chi connectivity index (χ1v) is 13.4. The molecule has 4 aromatic rings. The molecular formula is C27H36N10. The number of nitrogens with zero attached hydrogens (tertiary/aromatic N) is 7. The van der Waals surface area contributed by atoms with Gasteiger partial charge in [-0.15, -0.1) is 0 Å². The second-order valence-corrected chi connectivity index (χ2v) is 10.4. The number of nitrogen functional groups attached to an aromatic ring is 1. The molecule has 3 aromatic heterocycles. The average Bonchev–Trinajstić information content (AvgIpc) is 3.55. The van der Waals surface area contributed by atoms with Crippen molar-refractivity contribution in [1.82, 2.24) is 39.5 Å². The Hall–Kier alpha value is -3.50. The monoisotopic (exact) mass is 500 g/mol. The third kappa shape index (κ3) is 4.78. The van der Waals surface area contributed by atoms with E-state index in [2.05, 4.69) is 65.8 Å². The Bertz CT molecular complexity index is 1340. The number of H-pyrrole nitrogens is 1. The number of imidazole rings is 1. The molecule has 1 aliphatic carbocycles. The standard InChI is InChI=1S/C27H36N10/c1-3-19-16-29-27(32-19)33-20-6-4-18(5-7-20)24-23-25(28)30-17-31-26(23)37(34-24)22-10-8-21(9-11-22)36-14-12-35(2)13-15-36/h4-7,16-17,21-22H,3,8-15H2,1-2H3,(H2,28,30,31)(H2,29,32,33). The van der Waals surface area contributed by atoms with E-state index in [4.69, 9.17) is 10.8 Å². The molecule has 4 N–H and O–H groups in total. The first-order valence-electron chi connectivity index (χ1n) is 13.4. The molecule has 1 aromatic carbocycles. The lowest BCUT2D eigenvalue weighted by Crippen LogP contribution is -2.49. The van der Waals surface area contributed by atoms with Gasteiger partial charge < -0.3 is 20.9 Å². The number of hydrogen-bond acceptors (Lipinski definition) is 8.